The SMILES string of the molecule is CC(C)[C@H](NS(=O)(=O)C=Cc1ccccc1)C(=O)O. The van der Waals surface area contributed by atoms with Crippen LogP contribution in [0.5, 0.6) is 0 Å². The maximum absolute atomic E-state index is 11.8. The lowest BCUT2D eigenvalue weighted by molar-refractivity contribution is -0.140. The molecule has 0 aromatic heterocycles. The van der Waals surface area contributed by atoms with Crippen LogP contribution in [-0.4, -0.2) is 25.5 Å². The Kier molecular flexibility index (Phi) is 5.26. The minimum Gasteiger partial charge on any atom is -0.480 e. The van der Waals surface area contributed by atoms with Crippen LogP contribution in [-0.2, 0) is 14.8 Å². The summed E-state index contributed by atoms with van der Waals surface area (Å²) in [5.41, 5.74) is 0.726. The van der Waals surface area contributed by atoms with Gasteiger partial charge in [-0.2, -0.15) is 4.72 Å². The first-order chi connectivity index (χ1) is 8.82. The van der Waals surface area contributed by atoms with Gasteiger partial charge in [-0.25, -0.2) is 8.42 Å². The van der Waals surface area contributed by atoms with Gasteiger partial charge < -0.3 is 5.11 Å². The number of nitrogens with one attached hydrogen (secondary N) is 1. The zero-order chi connectivity index (χ0) is 14.5. The molecule has 0 aliphatic rings. The number of rotatable bonds is 6. The van der Waals surface area contributed by atoms with Crippen LogP contribution in [0.15, 0.2) is 35.7 Å². The van der Waals surface area contributed by atoms with Crippen LogP contribution >= 0.6 is 0 Å². The quantitative estimate of drug-likeness (QED) is 0.832. The number of carboxylic acids is 1. The third-order valence-electron chi connectivity index (χ3n) is 2.46. The third kappa shape index (κ3) is 5.23. The molecule has 0 heterocycles. The van der Waals surface area contributed by atoms with E-state index in [-0.39, 0.29) is 5.92 Å². The smallest absolute Gasteiger partial charge is 0.322 e. The van der Waals surface area contributed by atoms with Crippen molar-refractivity contribution in [1.29, 1.82) is 0 Å². The molecule has 19 heavy (non-hydrogen) atoms. The summed E-state index contributed by atoms with van der Waals surface area (Å²) in [5.74, 6) is -1.52. The molecule has 0 unspecified atom stereocenters. The molecule has 1 rings (SSSR count). The van der Waals surface area contributed by atoms with Crippen molar-refractivity contribution in [3.05, 3.63) is 41.3 Å². The molecule has 0 spiro atoms. The van der Waals surface area contributed by atoms with Gasteiger partial charge in [-0.3, -0.25) is 4.79 Å². The fraction of sp³-hybridized carbons (Fsp3) is 0.308. The molecule has 0 saturated heterocycles. The summed E-state index contributed by atoms with van der Waals surface area (Å²) in [7, 11) is -3.78. The summed E-state index contributed by atoms with van der Waals surface area (Å²) in [6.45, 7) is 3.28. The molecule has 0 radical (unpaired) electrons. The third-order valence-corrected chi connectivity index (χ3v) is 3.54. The molecule has 0 aliphatic carbocycles. The molecule has 0 aliphatic heterocycles. The van der Waals surface area contributed by atoms with Gasteiger partial charge in [-0.05, 0) is 17.6 Å². The Labute approximate surface area is 113 Å². The summed E-state index contributed by atoms with van der Waals surface area (Å²) in [6.07, 6.45) is 1.42. The highest BCUT2D eigenvalue weighted by molar-refractivity contribution is 7.92. The Bertz CT molecular complexity index is 549. The Morgan fingerprint density at radius 2 is 1.84 bits per heavy atom. The van der Waals surface area contributed by atoms with Crippen LogP contribution in [0, 0.1) is 5.92 Å². The van der Waals surface area contributed by atoms with E-state index in [0.29, 0.717) is 0 Å². The molecule has 2 N–H and O–H groups in total. The number of hydrogen-bond donors (Lipinski definition) is 2. The first-order valence-corrected chi connectivity index (χ1v) is 7.35. The van der Waals surface area contributed by atoms with E-state index < -0.39 is 22.0 Å². The van der Waals surface area contributed by atoms with Gasteiger partial charge in [0.1, 0.15) is 6.04 Å². The van der Waals surface area contributed by atoms with Crippen molar-refractivity contribution in [3.63, 3.8) is 0 Å². The monoisotopic (exact) mass is 283 g/mol. The topological polar surface area (TPSA) is 83.5 Å². The molecule has 0 bridgehead atoms. The first kappa shape index (κ1) is 15.4. The molecule has 104 valence electrons. The summed E-state index contributed by atoms with van der Waals surface area (Å²) < 4.78 is 25.7. The summed E-state index contributed by atoms with van der Waals surface area (Å²) >= 11 is 0. The van der Waals surface area contributed by atoms with Crippen molar-refractivity contribution in [3.8, 4) is 0 Å². The Morgan fingerprint density at radius 1 is 1.26 bits per heavy atom. The molecule has 0 saturated carbocycles. The van der Waals surface area contributed by atoms with Crippen molar-refractivity contribution >= 4 is 22.1 Å². The minimum absolute atomic E-state index is 0.336. The molecule has 1 atom stereocenters. The van der Waals surface area contributed by atoms with E-state index in [2.05, 4.69) is 4.72 Å². The van der Waals surface area contributed by atoms with Crippen molar-refractivity contribution in [2.45, 2.75) is 19.9 Å². The van der Waals surface area contributed by atoms with Crippen molar-refractivity contribution in [1.82, 2.24) is 4.72 Å². The second-order valence-electron chi connectivity index (χ2n) is 4.44. The largest absolute Gasteiger partial charge is 0.480 e. The average Bonchev–Trinajstić information content (AvgIpc) is 2.34. The number of carboxylic acid groups (broad SMARTS) is 1. The molecule has 0 fully saturated rings. The van der Waals surface area contributed by atoms with Crippen molar-refractivity contribution < 1.29 is 18.3 Å². The molecule has 5 nitrogen and oxygen atoms in total. The highest BCUT2D eigenvalue weighted by Crippen LogP contribution is 2.07. The van der Waals surface area contributed by atoms with Gasteiger partial charge in [0.2, 0.25) is 10.0 Å². The van der Waals surface area contributed by atoms with Crippen LogP contribution in [0.1, 0.15) is 19.4 Å². The van der Waals surface area contributed by atoms with E-state index in [4.69, 9.17) is 5.11 Å². The van der Waals surface area contributed by atoms with E-state index in [1.54, 1.807) is 38.1 Å². The molecular formula is C13H17NO4S. The summed E-state index contributed by atoms with van der Waals surface area (Å²) in [5, 5.41) is 9.91. The van der Waals surface area contributed by atoms with E-state index in [9.17, 15) is 13.2 Å². The standard InChI is InChI=1S/C13H17NO4S/c1-10(2)12(13(15)16)14-19(17,18)9-8-11-6-4-3-5-7-11/h3-10,12,14H,1-2H3,(H,15,16)/t12-/m0/s1. The highest BCUT2D eigenvalue weighted by atomic mass is 32.2. The van der Waals surface area contributed by atoms with Crippen LogP contribution in [0.3, 0.4) is 0 Å². The van der Waals surface area contributed by atoms with E-state index in [1.807, 2.05) is 6.07 Å². The summed E-state index contributed by atoms with van der Waals surface area (Å²) in [6, 6.07) is 7.77. The molecule has 1 aromatic rings. The average molecular weight is 283 g/mol. The van der Waals surface area contributed by atoms with Crippen LogP contribution in [0.4, 0.5) is 0 Å². The lowest BCUT2D eigenvalue weighted by Gasteiger charge is -2.16. The van der Waals surface area contributed by atoms with Gasteiger partial charge in [-0.1, -0.05) is 44.2 Å². The number of hydrogen-bond acceptors (Lipinski definition) is 3. The zero-order valence-corrected chi connectivity index (χ0v) is 11.6. The lowest BCUT2D eigenvalue weighted by Crippen LogP contribution is -2.43. The highest BCUT2D eigenvalue weighted by Gasteiger charge is 2.25. The van der Waals surface area contributed by atoms with Gasteiger partial charge in [-0.15, -0.1) is 0 Å². The molecule has 6 heteroatoms. The Balaban J connectivity index is 2.82. The number of sulfonamides is 1. The van der Waals surface area contributed by atoms with Gasteiger partial charge in [0, 0.05) is 5.41 Å². The summed E-state index contributed by atoms with van der Waals surface area (Å²) in [4.78, 5) is 10.9. The number of carbonyl (C=O) groups is 1. The molecule has 0 amide bonds. The van der Waals surface area contributed by atoms with Crippen molar-refractivity contribution in [2.75, 3.05) is 0 Å². The van der Waals surface area contributed by atoms with E-state index in [0.717, 1.165) is 11.0 Å². The number of benzene rings is 1. The van der Waals surface area contributed by atoms with Crippen LogP contribution in [0.25, 0.3) is 6.08 Å². The predicted molar refractivity (Wildman–Crippen MR) is 73.8 cm³/mol. The second kappa shape index (κ2) is 6.49. The second-order valence-corrected chi connectivity index (χ2v) is 6.03. The van der Waals surface area contributed by atoms with Crippen LogP contribution in [0.2, 0.25) is 0 Å². The fourth-order valence-corrected chi connectivity index (χ4v) is 2.56. The molecular weight excluding hydrogens is 266 g/mol. The Hall–Kier alpha value is -1.66. The maximum atomic E-state index is 11.8. The van der Waals surface area contributed by atoms with Crippen LogP contribution < -0.4 is 4.72 Å². The van der Waals surface area contributed by atoms with Gasteiger partial charge in [0.25, 0.3) is 0 Å². The Morgan fingerprint density at radius 3 is 2.32 bits per heavy atom. The minimum atomic E-state index is -3.78. The van der Waals surface area contributed by atoms with Crippen molar-refractivity contribution in [2.24, 2.45) is 5.92 Å². The fourth-order valence-electron chi connectivity index (χ4n) is 1.42. The zero-order valence-electron chi connectivity index (χ0n) is 10.8. The first-order valence-electron chi connectivity index (χ1n) is 5.80. The van der Waals surface area contributed by atoms with Gasteiger partial charge >= 0.3 is 5.97 Å². The van der Waals surface area contributed by atoms with Gasteiger partial charge in [0.05, 0.1) is 0 Å². The van der Waals surface area contributed by atoms with E-state index in [1.165, 1.54) is 6.08 Å². The molecule has 1 aromatic carbocycles. The lowest BCUT2D eigenvalue weighted by atomic mass is 10.1. The van der Waals surface area contributed by atoms with E-state index >= 15 is 0 Å². The normalized spacial score (nSPS) is 13.8. The number of aliphatic carboxylic acids is 1. The van der Waals surface area contributed by atoms with Gasteiger partial charge in [0.15, 0.2) is 0 Å². The predicted octanol–water partition coefficient (Wildman–Crippen LogP) is 1.69. The maximum Gasteiger partial charge on any atom is 0.322 e.